The summed E-state index contributed by atoms with van der Waals surface area (Å²) >= 11 is 0. The summed E-state index contributed by atoms with van der Waals surface area (Å²) in [5.41, 5.74) is 0.781. The molecule has 0 bridgehead atoms. The minimum Gasteiger partial charge on any atom is -0.447 e. The standard InChI is InChI=1S/C15H23BF3O.K/c1-2-3-4-5-9-12-15(16(17,18)19)20-13-14-10-7-6-8-11-14;/h6-8,10-11,15H,2-5,9,12-13H2,1H3;/q-1;+1. The Balaban J connectivity index is 0.00000400. The first kappa shape index (κ1) is 21.7. The molecule has 0 aliphatic carbocycles. The minimum atomic E-state index is -4.93. The van der Waals surface area contributed by atoms with Gasteiger partial charge in [0, 0.05) is 6.00 Å². The van der Waals surface area contributed by atoms with Crippen molar-refractivity contribution in [2.24, 2.45) is 0 Å². The molecule has 0 N–H and O–H groups in total. The monoisotopic (exact) mass is 326 g/mol. The van der Waals surface area contributed by atoms with Crippen LogP contribution in [0.25, 0.3) is 0 Å². The molecule has 1 aromatic carbocycles. The van der Waals surface area contributed by atoms with Gasteiger partial charge in [0.1, 0.15) is 0 Å². The zero-order valence-corrected chi connectivity index (χ0v) is 16.2. The molecule has 1 atom stereocenters. The van der Waals surface area contributed by atoms with Gasteiger partial charge in [-0.2, -0.15) is 0 Å². The maximum Gasteiger partial charge on any atom is 1.00 e. The van der Waals surface area contributed by atoms with Crippen LogP contribution in [-0.4, -0.2) is 13.0 Å². The molecular weight excluding hydrogens is 303 g/mol. The third-order valence-electron chi connectivity index (χ3n) is 3.32. The Kier molecular flexibility index (Phi) is 12.5. The molecule has 1 aromatic rings. The maximum atomic E-state index is 12.9. The van der Waals surface area contributed by atoms with Gasteiger partial charge in [-0.05, 0) is 5.56 Å². The van der Waals surface area contributed by atoms with Crippen LogP contribution in [0.15, 0.2) is 30.3 Å². The van der Waals surface area contributed by atoms with Crippen molar-refractivity contribution in [2.45, 2.75) is 58.1 Å². The Bertz CT molecular complexity index is 360. The summed E-state index contributed by atoms with van der Waals surface area (Å²) in [6.07, 6.45) is 4.71. The van der Waals surface area contributed by atoms with E-state index in [4.69, 9.17) is 4.74 Å². The van der Waals surface area contributed by atoms with Crippen molar-refractivity contribution in [3.8, 4) is 0 Å². The first-order valence-corrected chi connectivity index (χ1v) is 7.39. The fourth-order valence-corrected chi connectivity index (χ4v) is 2.11. The fourth-order valence-electron chi connectivity index (χ4n) is 2.11. The number of hydrogen-bond donors (Lipinski definition) is 0. The average Bonchev–Trinajstić information content (AvgIpc) is 2.41. The number of ether oxygens (including phenoxy) is 1. The van der Waals surface area contributed by atoms with Crippen molar-refractivity contribution in [1.82, 2.24) is 0 Å². The topological polar surface area (TPSA) is 9.23 Å². The smallest absolute Gasteiger partial charge is 0.447 e. The second-order valence-electron chi connectivity index (χ2n) is 5.16. The van der Waals surface area contributed by atoms with Crippen molar-refractivity contribution in [3.63, 3.8) is 0 Å². The predicted molar refractivity (Wildman–Crippen MR) is 77.5 cm³/mol. The van der Waals surface area contributed by atoms with E-state index in [1.807, 2.05) is 6.07 Å². The quantitative estimate of drug-likeness (QED) is 0.474. The Morgan fingerprint density at radius 3 is 2.19 bits per heavy atom. The van der Waals surface area contributed by atoms with Crippen LogP contribution >= 0.6 is 0 Å². The Morgan fingerprint density at radius 2 is 1.62 bits per heavy atom. The molecule has 0 amide bonds. The molecular formula is C15H23BF3KO. The summed E-state index contributed by atoms with van der Waals surface area (Å²) in [7, 11) is 0. The van der Waals surface area contributed by atoms with E-state index in [9.17, 15) is 12.9 Å². The van der Waals surface area contributed by atoms with E-state index in [1.165, 1.54) is 0 Å². The van der Waals surface area contributed by atoms with Crippen molar-refractivity contribution in [1.29, 1.82) is 0 Å². The van der Waals surface area contributed by atoms with Crippen molar-refractivity contribution >= 4 is 6.98 Å². The van der Waals surface area contributed by atoms with E-state index in [-0.39, 0.29) is 64.4 Å². The number of hydrogen-bond acceptors (Lipinski definition) is 1. The van der Waals surface area contributed by atoms with Crippen molar-refractivity contribution in [3.05, 3.63) is 35.9 Å². The van der Waals surface area contributed by atoms with Gasteiger partial charge < -0.3 is 17.7 Å². The zero-order chi connectivity index (χ0) is 14.8. The fraction of sp³-hybridized carbons (Fsp3) is 0.600. The predicted octanol–water partition coefficient (Wildman–Crippen LogP) is 2.32. The molecule has 21 heavy (non-hydrogen) atoms. The Morgan fingerprint density at radius 1 is 1.00 bits per heavy atom. The van der Waals surface area contributed by atoms with E-state index in [1.54, 1.807) is 24.3 Å². The number of unbranched alkanes of at least 4 members (excludes halogenated alkanes) is 4. The van der Waals surface area contributed by atoms with Crippen LogP contribution in [0.4, 0.5) is 12.9 Å². The van der Waals surface area contributed by atoms with Crippen LogP contribution in [0.5, 0.6) is 0 Å². The van der Waals surface area contributed by atoms with Gasteiger partial charge in [-0.3, -0.25) is 0 Å². The largest absolute Gasteiger partial charge is 1.00 e. The van der Waals surface area contributed by atoms with Gasteiger partial charge in [0.25, 0.3) is 0 Å². The molecule has 6 heteroatoms. The molecule has 0 aliphatic heterocycles. The van der Waals surface area contributed by atoms with Crippen molar-refractivity contribution in [2.75, 3.05) is 0 Å². The van der Waals surface area contributed by atoms with Crippen LogP contribution in [0.2, 0.25) is 0 Å². The van der Waals surface area contributed by atoms with Gasteiger partial charge in [-0.15, -0.1) is 0 Å². The average molecular weight is 326 g/mol. The maximum absolute atomic E-state index is 12.9. The summed E-state index contributed by atoms with van der Waals surface area (Å²) < 4.78 is 43.9. The van der Waals surface area contributed by atoms with Crippen LogP contribution in [0.3, 0.4) is 0 Å². The summed E-state index contributed by atoms with van der Waals surface area (Å²) in [5, 5.41) is 0. The van der Waals surface area contributed by atoms with Gasteiger partial charge in [-0.1, -0.05) is 75.8 Å². The third kappa shape index (κ3) is 10.1. The van der Waals surface area contributed by atoms with Gasteiger partial charge in [0.15, 0.2) is 0 Å². The van der Waals surface area contributed by atoms with Gasteiger partial charge in [-0.25, -0.2) is 0 Å². The van der Waals surface area contributed by atoms with Crippen LogP contribution in [0.1, 0.15) is 51.0 Å². The molecule has 1 rings (SSSR count). The number of halogens is 3. The van der Waals surface area contributed by atoms with E-state index in [0.717, 1.165) is 31.2 Å². The van der Waals surface area contributed by atoms with Crippen LogP contribution in [0, 0.1) is 0 Å². The van der Waals surface area contributed by atoms with Crippen LogP contribution < -0.4 is 51.4 Å². The normalized spacial score (nSPS) is 12.8. The van der Waals surface area contributed by atoms with Gasteiger partial charge >= 0.3 is 58.4 Å². The molecule has 0 saturated carbocycles. The van der Waals surface area contributed by atoms with E-state index in [2.05, 4.69) is 6.92 Å². The molecule has 0 spiro atoms. The second kappa shape index (κ2) is 12.1. The summed E-state index contributed by atoms with van der Waals surface area (Å²) in [6, 6.07) is 7.41. The zero-order valence-electron chi connectivity index (χ0n) is 13.0. The van der Waals surface area contributed by atoms with E-state index >= 15 is 0 Å². The van der Waals surface area contributed by atoms with E-state index in [0.29, 0.717) is 6.42 Å². The first-order chi connectivity index (χ1) is 9.54. The summed E-state index contributed by atoms with van der Waals surface area (Å²) in [5.74, 6) is 0. The molecule has 0 radical (unpaired) electrons. The number of benzene rings is 1. The van der Waals surface area contributed by atoms with Gasteiger partial charge in [0.2, 0.25) is 0 Å². The van der Waals surface area contributed by atoms with Crippen LogP contribution in [-0.2, 0) is 11.3 Å². The Labute approximate surface area is 168 Å². The molecule has 0 saturated heterocycles. The molecule has 1 unspecified atom stereocenters. The summed E-state index contributed by atoms with van der Waals surface area (Å²) in [6.45, 7) is -2.81. The molecule has 1 nitrogen and oxygen atoms in total. The Hall–Kier alpha value is 0.671. The van der Waals surface area contributed by atoms with E-state index < -0.39 is 13.0 Å². The van der Waals surface area contributed by atoms with Gasteiger partial charge in [0.05, 0.1) is 6.61 Å². The SMILES string of the molecule is CCCCCCCC(OCc1ccccc1)[B-](F)(F)F.[K+]. The molecule has 0 heterocycles. The molecule has 0 aliphatic rings. The molecule has 0 aromatic heterocycles. The molecule has 114 valence electrons. The van der Waals surface area contributed by atoms with Crippen molar-refractivity contribution < 1.29 is 69.1 Å². The summed E-state index contributed by atoms with van der Waals surface area (Å²) in [4.78, 5) is 0. The minimum absolute atomic E-state index is 0. The second-order valence-corrected chi connectivity index (χ2v) is 5.16. The third-order valence-corrected chi connectivity index (χ3v) is 3.32. The number of rotatable bonds is 10. The molecule has 0 fully saturated rings. The first-order valence-electron chi connectivity index (χ1n) is 7.39.